The Morgan fingerprint density at radius 1 is 1.32 bits per heavy atom. The van der Waals surface area contributed by atoms with Crippen molar-refractivity contribution in [2.45, 2.75) is 109 Å². The number of aliphatic hydroxyl groups is 1. The van der Waals surface area contributed by atoms with Crippen LogP contribution in [0.25, 0.3) is 0 Å². The number of fused-ring (bicyclic) bond motifs is 1. The molecule has 3 saturated heterocycles. The van der Waals surface area contributed by atoms with Gasteiger partial charge in [-0.3, -0.25) is 14.4 Å². The Balaban J connectivity index is 2.17. The van der Waals surface area contributed by atoms with E-state index in [4.69, 9.17) is 9.47 Å². The second-order valence-corrected chi connectivity index (χ2v) is 14.6. The zero-order valence-electron chi connectivity index (χ0n) is 24.3. The molecule has 1 N–H and O–H groups in total. The van der Waals surface area contributed by atoms with Crippen molar-refractivity contribution in [1.29, 1.82) is 0 Å². The number of carbonyl (C=O) groups excluding carboxylic acids is 3. The molecule has 0 saturated carbocycles. The van der Waals surface area contributed by atoms with Crippen molar-refractivity contribution < 1.29 is 29.0 Å². The summed E-state index contributed by atoms with van der Waals surface area (Å²) >= 11 is 3.69. The van der Waals surface area contributed by atoms with Crippen molar-refractivity contribution in [1.82, 2.24) is 9.80 Å². The Morgan fingerprint density at radius 3 is 2.45 bits per heavy atom. The zero-order chi connectivity index (χ0) is 28.8. The highest BCUT2D eigenvalue weighted by molar-refractivity contribution is 9.09. The predicted molar refractivity (Wildman–Crippen MR) is 150 cm³/mol. The second kappa shape index (κ2) is 11.2. The lowest BCUT2D eigenvalue weighted by Gasteiger charge is -2.46. The van der Waals surface area contributed by atoms with Crippen molar-refractivity contribution in [3.05, 3.63) is 12.7 Å². The van der Waals surface area contributed by atoms with Gasteiger partial charge in [-0.2, -0.15) is 0 Å². The highest BCUT2D eigenvalue weighted by Gasteiger charge is 2.77. The predicted octanol–water partition coefficient (Wildman–Crippen LogP) is 3.93. The number of halogens is 1. The molecule has 1 unspecified atom stereocenters. The molecule has 2 amide bonds. The summed E-state index contributed by atoms with van der Waals surface area (Å²) in [6, 6.07) is -1.55. The van der Waals surface area contributed by atoms with Gasteiger partial charge in [0.2, 0.25) is 11.8 Å². The summed E-state index contributed by atoms with van der Waals surface area (Å²) in [6.45, 7) is 20.4. The first-order valence-corrected chi connectivity index (χ1v) is 14.8. The number of rotatable bonds is 11. The van der Waals surface area contributed by atoms with Gasteiger partial charge in [0, 0.05) is 16.9 Å². The number of nitrogens with zero attached hydrogens (tertiary/aromatic N) is 2. The van der Waals surface area contributed by atoms with E-state index in [-0.39, 0.29) is 41.2 Å². The average molecular weight is 600 g/mol. The van der Waals surface area contributed by atoms with Crippen LogP contribution in [-0.4, -0.2) is 86.6 Å². The van der Waals surface area contributed by atoms with Crippen LogP contribution in [0.15, 0.2) is 12.7 Å². The molecule has 3 heterocycles. The van der Waals surface area contributed by atoms with Gasteiger partial charge in [-0.05, 0) is 51.4 Å². The molecule has 0 aromatic rings. The Labute approximate surface area is 236 Å². The fourth-order valence-electron chi connectivity index (χ4n) is 7.37. The van der Waals surface area contributed by atoms with Gasteiger partial charge >= 0.3 is 5.97 Å². The summed E-state index contributed by atoms with van der Waals surface area (Å²) in [5.41, 5.74) is -1.80. The number of amides is 2. The lowest BCUT2D eigenvalue weighted by molar-refractivity contribution is -0.158. The summed E-state index contributed by atoms with van der Waals surface area (Å²) in [4.78, 5) is 45.4. The molecule has 8 nitrogen and oxygen atoms in total. The van der Waals surface area contributed by atoms with Crippen LogP contribution in [0, 0.1) is 23.2 Å². The second-order valence-electron chi connectivity index (χ2n) is 13.4. The molecule has 3 aliphatic heterocycles. The highest BCUT2D eigenvalue weighted by Crippen LogP contribution is 2.61. The molecule has 0 aliphatic carbocycles. The van der Waals surface area contributed by atoms with E-state index in [1.165, 1.54) is 0 Å². The monoisotopic (exact) mass is 598 g/mol. The minimum Gasteiger partial charge on any atom is -0.466 e. The first kappa shape index (κ1) is 31.1. The van der Waals surface area contributed by atoms with E-state index in [1.807, 2.05) is 27.7 Å². The quantitative estimate of drug-likeness (QED) is 0.220. The van der Waals surface area contributed by atoms with Gasteiger partial charge in [-0.1, -0.05) is 56.6 Å². The molecule has 1 spiro atoms. The summed E-state index contributed by atoms with van der Waals surface area (Å²) < 4.78 is 12.0. The van der Waals surface area contributed by atoms with Crippen LogP contribution in [-0.2, 0) is 23.9 Å². The van der Waals surface area contributed by atoms with Crippen LogP contribution in [0.1, 0.15) is 74.7 Å². The SMILES string of the molecule is C=CCN(C(=O)[C@H]1N([C@@H](CO)CC(C)C)C(=O)[C@@H]2[C@@H](C(=O)OCC)[C@@H]3O[C@@]21CC3Br)C(C)(C)CC(C)(C)C. The first-order chi connectivity index (χ1) is 17.6. The number of aliphatic hydroxyl groups excluding tert-OH is 1. The minimum atomic E-state index is -1.19. The minimum absolute atomic E-state index is 0.0568. The number of hydrogen-bond donors (Lipinski definition) is 1. The molecular formula is C29H47BrN2O6. The zero-order valence-corrected chi connectivity index (χ0v) is 25.9. The van der Waals surface area contributed by atoms with Gasteiger partial charge in [0.05, 0.1) is 37.2 Å². The number of carbonyl (C=O) groups is 3. The topological polar surface area (TPSA) is 96.4 Å². The Kier molecular flexibility index (Phi) is 9.16. The molecular weight excluding hydrogens is 552 g/mol. The van der Waals surface area contributed by atoms with E-state index in [1.54, 1.807) is 22.8 Å². The number of esters is 1. The Hall–Kier alpha value is -1.45. The van der Waals surface area contributed by atoms with Crippen molar-refractivity contribution in [2.75, 3.05) is 19.8 Å². The van der Waals surface area contributed by atoms with Crippen molar-refractivity contribution in [3.8, 4) is 0 Å². The molecule has 38 heavy (non-hydrogen) atoms. The fourth-order valence-corrected chi connectivity index (χ4v) is 8.32. The maximum Gasteiger partial charge on any atom is 0.312 e. The van der Waals surface area contributed by atoms with Gasteiger partial charge in [0.25, 0.3) is 0 Å². The van der Waals surface area contributed by atoms with Crippen LogP contribution in [0.5, 0.6) is 0 Å². The first-order valence-electron chi connectivity index (χ1n) is 13.9. The van der Waals surface area contributed by atoms with Crippen LogP contribution in [0.4, 0.5) is 0 Å². The fraction of sp³-hybridized carbons (Fsp3) is 0.828. The van der Waals surface area contributed by atoms with E-state index in [0.29, 0.717) is 19.4 Å². The van der Waals surface area contributed by atoms with Crippen LogP contribution in [0.3, 0.4) is 0 Å². The summed E-state index contributed by atoms with van der Waals surface area (Å²) in [5, 5.41) is 10.5. The van der Waals surface area contributed by atoms with Crippen molar-refractivity contribution in [3.63, 3.8) is 0 Å². The lowest BCUT2D eigenvalue weighted by atomic mass is 9.70. The smallest absolute Gasteiger partial charge is 0.312 e. The molecule has 9 heteroatoms. The maximum absolute atomic E-state index is 14.8. The van der Waals surface area contributed by atoms with E-state index >= 15 is 0 Å². The molecule has 0 radical (unpaired) electrons. The number of ether oxygens (including phenoxy) is 2. The number of alkyl halides is 1. The van der Waals surface area contributed by atoms with Crippen molar-refractivity contribution >= 4 is 33.7 Å². The standard InChI is InChI=1S/C29H47BrN2O6/c1-10-12-31(28(8,9)16-27(5,6)7)25(35)23-29-14-19(30)22(38-29)20(26(36)37-11-2)21(29)24(34)32(23)18(15-33)13-17(3)4/h10,17-23,33H,1,11-16H2,2-9H3/t18-,19?,20-,21+,22-,23-,29+/m1/s1. The van der Waals surface area contributed by atoms with E-state index in [9.17, 15) is 19.5 Å². The van der Waals surface area contributed by atoms with E-state index in [2.05, 4.69) is 43.3 Å². The Bertz CT molecular complexity index is 931. The molecule has 216 valence electrons. The van der Waals surface area contributed by atoms with Crippen LogP contribution < -0.4 is 0 Å². The normalized spacial score (nSPS) is 31.5. The van der Waals surface area contributed by atoms with Crippen molar-refractivity contribution in [2.24, 2.45) is 23.2 Å². The molecule has 0 aromatic carbocycles. The average Bonchev–Trinajstić information content (AvgIpc) is 3.37. The van der Waals surface area contributed by atoms with Gasteiger partial charge in [-0.25, -0.2) is 0 Å². The molecule has 2 bridgehead atoms. The molecule has 0 aromatic heterocycles. The van der Waals surface area contributed by atoms with Gasteiger partial charge in [-0.15, -0.1) is 6.58 Å². The molecule has 3 aliphatic rings. The van der Waals surface area contributed by atoms with Crippen LogP contribution >= 0.6 is 15.9 Å². The third-order valence-corrected chi connectivity index (χ3v) is 8.98. The summed E-state index contributed by atoms with van der Waals surface area (Å²) in [6.07, 6.45) is 2.80. The summed E-state index contributed by atoms with van der Waals surface area (Å²) in [7, 11) is 0. The summed E-state index contributed by atoms with van der Waals surface area (Å²) in [5.74, 6) is -2.49. The van der Waals surface area contributed by atoms with E-state index < -0.39 is 47.1 Å². The van der Waals surface area contributed by atoms with Gasteiger partial charge in [0.15, 0.2) is 0 Å². The lowest BCUT2D eigenvalue weighted by Crippen LogP contribution is -2.62. The number of hydrogen-bond acceptors (Lipinski definition) is 6. The molecule has 7 atom stereocenters. The highest BCUT2D eigenvalue weighted by atomic mass is 79.9. The molecule has 3 fully saturated rings. The Morgan fingerprint density at radius 2 is 1.95 bits per heavy atom. The largest absolute Gasteiger partial charge is 0.466 e. The van der Waals surface area contributed by atoms with Gasteiger partial charge in [0.1, 0.15) is 11.6 Å². The maximum atomic E-state index is 14.8. The number of likely N-dealkylation sites (tertiary alicyclic amines) is 1. The third-order valence-electron chi connectivity index (χ3n) is 8.14. The van der Waals surface area contributed by atoms with Crippen LogP contribution in [0.2, 0.25) is 0 Å². The third kappa shape index (κ3) is 5.44. The molecule has 3 rings (SSSR count). The van der Waals surface area contributed by atoms with Gasteiger partial charge < -0.3 is 24.4 Å². The van der Waals surface area contributed by atoms with E-state index in [0.717, 1.165) is 6.42 Å².